The van der Waals surface area contributed by atoms with E-state index in [1.165, 1.54) is 32.2 Å². The summed E-state index contributed by atoms with van der Waals surface area (Å²) in [5.74, 6) is -2.92. The maximum absolute atomic E-state index is 12.9. The molecule has 1 aromatic carbocycles. The van der Waals surface area contributed by atoms with Gasteiger partial charge in [-0.3, -0.25) is 9.59 Å². The molecule has 0 aliphatic rings. The van der Waals surface area contributed by atoms with E-state index in [2.05, 4.69) is 4.74 Å². The van der Waals surface area contributed by atoms with Crippen molar-refractivity contribution in [1.82, 2.24) is 0 Å². The van der Waals surface area contributed by atoms with Gasteiger partial charge >= 0.3 is 11.9 Å². The molecule has 1 aromatic rings. The van der Waals surface area contributed by atoms with Gasteiger partial charge in [0.1, 0.15) is 12.4 Å². The van der Waals surface area contributed by atoms with Gasteiger partial charge in [0.2, 0.25) is 0 Å². The summed E-state index contributed by atoms with van der Waals surface area (Å²) in [6.45, 7) is 1.30. The van der Waals surface area contributed by atoms with Gasteiger partial charge in [0, 0.05) is 0 Å². The smallest absolute Gasteiger partial charge is 0.320 e. The Bertz CT molecular complexity index is 461. The Morgan fingerprint density at radius 2 is 2.06 bits per heavy atom. The molecule has 98 valence electrons. The van der Waals surface area contributed by atoms with Gasteiger partial charge in [0.25, 0.3) is 0 Å². The van der Waals surface area contributed by atoms with Gasteiger partial charge in [-0.05, 0) is 24.6 Å². The van der Waals surface area contributed by atoms with Crippen molar-refractivity contribution in [2.45, 2.75) is 13.5 Å². The molecule has 18 heavy (non-hydrogen) atoms. The molecule has 1 atom stereocenters. The van der Waals surface area contributed by atoms with Crippen LogP contribution in [-0.4, -0.2) is 19.0 Å². The molecule has 4 nitrogen and oxygen atoms in total. The van der Waals surface area contributed by atoms with Crippen LogP contribution in [0.3, 0.4) is 0 Å². The lowest BCUT2D eigenvalue weighted by Crippen LogP contribution is -2.24. The Balaban J connectivity index is 2.57. The van der Waals surface area contributed by atoms with Gasteiger partial charge in [0.05, 0.1) is 12.1 Å². The van der Waals surface area contributed by atoms with E-state index in [4.69, 9.17) is 16.3 Å². The topological polar surface area (TPSA) is 52.6 Å². The maximum Gasteiger partial charge on any atom is 0.320 e. The minimum absolute atomic E-state index is 0.0513. The standard InChI is InChI=1S/C12H12ClFO4/c1-7(11(15)17-2)12(16)18-6-8-3-4-10(14)9(13)5-8/h3-5,7H,6H2,1-2H3. The molecule has 0 N–H and O–H groups in total. The van der Waals surface area contributed by atoms with E-state index in [0.717, 1.165) is 0 Å². The van der Waals surface area contributed by atoms with Crippen molar-refractivity contribution in [1.29, 1.82) is 0 Å². The molecule has 0 aromatic heterocycles. The van der Waals surface area contributed by atoms with E-state index in [1.807, 2.05) is 0 Å². The van der Waals surface area contributed by atoms with E-state index < -0.39 is 23.7 Å². The van der Waals surface area contributed by atoms with Crippen LogP contribution in [-0.2, 0) is 25.7 Å². The molecule has 1 unspecified atom stereocenters. The molecule has 6 heteroatoms. The van der Waals surface area contributed by atoms with Crippen molar-refractivity contribution < 1.29 is 23.5 Å². The van der Waals surface area contributed by atoms with Crippen LogP contribution in [0.25, 0.3) is 0 Å². The lowest BCUT2D eigenvalue weighted by Gasteiger charge is -2.09. The minimum Gasteiger partial charge on any atom is -0.468 e. The molecule has 0 bridgehead atoms. The molecule has 0 amide bonds. The van der Waals surface area contributed by atoms with Crippen molar-refractivity contribution >= 4 is 23.5 Å². The van der Waals surface area contributed by atoms with E-state index >= 15 is 0 Å². The summed E-state index contributed by atoms with van der Waals surface area (Å²) in [4.78, 5) is 22.5. The third kappa shape index (κ3) is 3.70. The summed E-state index contributed by atoms with van der Waals surface area (Å²) in [6.07, 6.45) is 0. The second-order valence-corrected chi connectivity index (χ2v) is 4.01. The molecular weight excluding hydrogens is 263 g/mol. The SMILES string of the molecule is COC(=O)C(C)C(=O)OCc1ccc(F)c(Cl)c1. The third-order valence-electron chi connectivity index (χ3n) is 2.27. The number of esters is 2. The second kappa shape index (κ2) is 6.35. The fraction of sp³-hybridized carbons (Fsp3) is 0.333. The number of halogens is 2. The summed E-state index contributed by atoms with van der Waals surface area (Å²) < 4.78 is 22.2. The zero-order valence-corrected chi connectivity index (χ0v) is 10.7. The first-order valence-corrected chi connectivity index (χ1v) is 5.52. The fourth-order valence-corrected chi connectivity index (χ4v) is 1.39. The molecule has 0 radical (unpaired) electrons. The first-order valence-electron chi connectivity index (χ1n) is 5.14. The van der Waals surface area contributed by atoms with Crippen LogP contribution in [0, 0.1) is 11.7 Å². The molecule has 0 saturated carbocycles. The highest BCUT2D eigenvalue weighted by molar-refractivity contribution is 6.30. The van der Waals surface area contributed by atoms with Crippen molar-refractivity contribution in [2.75, 3.05) is 7.11 Å². The van der Waals surface area contributed by atoms with Gasteiger partial charge in [-0.25, -0.2) is 4.39 Å². The number of hydrogen-bond donors (Lipinski definition) is 0. The molecule has 0 heterocycles. The summed E-state index contributed by atoms with van der Waals surface area (Å²) in [5, 5.41) is -0.0513. The first-order chi connectivity index (χ1) is 8.45. The van der Waals surface area contributed by atoms with Crippen molar-refractivity contribution in [2.24, 2.45) is 5.92 Å². The molecule has 0 fully saturated rings. The Morgan fingerprint density at radius 1 is 1.39 bits per heavy atom. The van der Waals surface area contributed by atoms with Crippen molar-refractivity contribution in [3.63, 3.8) is 0 Å². The summed E-state index contributed by atoms with van der Waals surface area (Å²) in [7, 11) is 1.19. The lowest BCUT2D eigenvalue weighted by atomic mass is 10.2. The van der Waals surface area contributed by atoms with Gasteiger partial charge in [-0.1, -0.05) is 17.7 Å². The maximum atomic E-state index is 12.9. The molecule has 0 aliphatic carbocycles. The predicted molar refractivity (Wildman–Crippen MR) is 62.4 cm³/mol. The fourth-order valence-electron chi connectivity index (χ4n) is 1.18. The number of hydrogen-bond acceptors (Lipinski definition) is 4. The van der Waals surface area contributed by atoms with Gasteiger partial charge in [-0.15, -0.1) is 0 Å². The number of methoxy groups -OCH3 is 1. The number of rotatable bonds is 4. The molecule has 1 rings (SSSR count). The quantitative estimate of drug-likeness (QED) is 0.625. The molecule has 0 spiro atoms. The molecule has 0 aliphatic heterocycles. The van der Waals surface area contributed by atoms with Crippen LogP contribution < -0.4 is 0 Å². The number of carbonyl (C=O) groups excluding carboxylic acids is 2. The van der Waals surface area contributed by atoms with Crippen molar-refractivity contribution in [3.05, 3.63) is 34.6 Å². The highest BCUT2D eigenvalue weighted by Gasteiger charge is 2.23. The van der Waals surface area contributed by atoms with E-state index in [1.54, 1.807) is 0 Å². The number of carbonyl (C=O) groups is 2. The highest BCUT2D eigenvalue weighted by atomic mass is 35.5. The average molecular weight is 275 g/mol. The summed E-state index contributed by atoms with van der Waals surface area (Å²) >= 11 is 5.57. The monoisotopic (exact) mass is 274 g/mol. The number of benzene rings is 1. The first kappa shape index (κ1) is 14.4. The largest absolute Gasteiger partial charge is 0.468 e. The molecular formula is C12H12ClFO4. The van der Waals surface area contributed by atoms with Crippen LogP contribution >= 0.6 is 11.6 Å². The van der Waals surface area contributed by atoms with Crippen LogP contribution in [0.15, 0.2) is 18.2 Å². The van der Waals surface area contributed by atoms with Gasteiger partial charge < -0.3 is 9.47 Å². The lowest BCUT2D eigenvalue weighted by molar-refractivity contribution is -0.160. The van der Waals surface area contributed by atoms with E-state index in [0.29, 0.717) is 5.56 Å². The Morgan fingerprint density at radius 3 is 2.61 bits per heavy atom. The van der Waals surface area contributed by atoms with E-state index in [-0.39, 0.29) is 11.6 Å². The zero-order valence-electron chi connectivity index (χ0n) is 9.91. The van der Waals surface area contributed by atoms with Crippen molar-refractivity contribution in [3.8, 4) is 0 Å². The Hall–Kier alpha value is -1.62. The predicted octanol–water partition coefficient (Wildman–Crippen LogP) is 2.33. The van der Waals surface area contributed by atoms with Gasteiger partial charge in [0.15, 0.2) is 5.92 Å². The minimum atomic E-state index is -0.995. The van der Waals surface area contributed by atoms with Crippen LogP contribution in [0.4, 0.5) is 4.39 Å². The zero-order chi connectivity index (χ0) is 13.7. The third-order valence-corrected chi connectivity index (χ3v) is 2.56. The normalized spacial score (nSPS) is 11.8. The van der Waals surface area contributed by atoms with Crippen LogP contribution in [0.2, 0.25) is 5.02 Å². The molecule has 0 saturated heterocycles. The van der Waals surface area contributed by atoms with Gasteiger partial charge in [-0.2, -0.15) is 0 Å². The summed E-state index contributed by atoms with van der Waals surface area (Å²) in [5.41, 5.74) is 0.534. The summed E-state index contributed by atoms with van der Waals surface area (Å²) in [6, 6.07) is 3.97. The average Bonchev–Trinajstić information content (AvgIpc) is 2.37. The number of ether oxygens (including phenoxy) is 2. The van der Waals surface area contributed by atoms with Crippen LogP contribution in [0.1, 0.15) is 12.5 Å². The Kier molecular flexibility index (Phi) is 5.09. The van der Waals surface area contributed by atoms with E-state index in [9.17, 15) is 14.0 Å². The highest BCUT2D eigenvalue weighted by Crippen LogP contribution is 2.17. The van der Waals surface area contributed by atoms with Crippen LogP contribution in [0.5, 0.6) is 0 Å². The second-order valence-electron chi connectivity index (χ2n) is 3.60. The Labute approximate surface area is 109 Å².